The highest BCUT2D eigenvalue weighted by atomic mass is 79.9. The number of H-pyrrole nitrogens is 1. The molecule has 0 aliphatic heterocycles. The summed E-state index contributed by atoms with van der Waals surface area (Å²) in [7, 11) is 0. The Morgan fingerprint density at radius 2 is 1.81 bits per heavy atom. The van der Waals surface area contributed by atoms with E-state index in [-0.39, 0.29) is 15.7 Å². The van der Waals surface area contributed by atoms with Crippen LogP contribution in [0.25, 0.3) is 0 Å². The lowest BCUT2D eigenvalue weighted by atomic mass is 10.1. The summed E-state index contributed by atoms with van der Waals surface area (Å²) in [6.45, 7) is 0. The van der Waals surface area contributed by atoms with Crippen LogP contribution in [0, 0.1) is 11.3 Å². The van der Waals surface area contributed by atoms with E-state index in [1.165, 1.54) is 0 Å². The summed E-state index contributed by atoms with van der Waals surface area (Å²) in [6, 6.07) is 8.04. The molecule has 21 heavy (non-hydrogen) atoms. The van der Waals surface area contributed by atoms with Gasteiger partial charge in [0.15, 0.2) is 0 Å². The molecule has 1 atom stereocenters. The fourth-order valence-corrected chi connectivity index (χ4v) is 2.85. The first-order valence-electron chi connectivity index (χ1n) is 5.54. The number of aromatic amines is 1. The molecule has 0 aliphatic carbocycles. The molecule has 0 fully saturated rings. The van der Waals surface area contributed by atoms with Gasteiger partial charge in [0.2, 0.25) is 0 Å². The van der Waals surface area contributed by atoms with Crippen molar-refractivity contribution in [3.05, 3.63) is 56.3 Å². The van der Waals surface area contributed by atoms with Crippen molar-refractivity contribution in [2.45, 2.75) is 11.6 Å². The molecule has 2 nitrogen and oxygen atoms in total. The number of benzene rings is 1. The number of halogens is 6. The molecule has 0 spiro atoms. The smallest absolute Gasteiger partial charge is 0.351 e. The van der Waals surface area contributed by atoms with E-state index in [0.717, 1.165) is 0 Å². The fraction of sp³-hybridized carbons (Fsp3) is 0.154. The second-order valence-corrected chi connectivity index (χ2v) is 5.79. The minimum atomic E-state index is -4.61. The number of aromatic nitrogens is 1. The van der Waals surface area contributed by atoms with Gasteiger partial charge in [-0.25, -0.2) is 0 Å². The normalized spacial score (nSPS) is 13.0. The molecule has 0 saturated carbocycles. The molecule has 2 aromatic rings. The zero-order chi connectivity index (χ0) is 15.8. The summed E-state index contributed by atoms with van der Waals surface area (Å²) in [5.74, 6) is 0. The second-order valence-electron chi connectivity index (χ2n) is 4.13. The lowest BCUT2D eigenvalue weighted by Crippen LogP contribution is -2.06. The van der Waals surface area contributed by atoms with Crippen LogP contribution >= 0.6 is 39.1 Å². The average molecular weight is 398 g/mol. The average Bonchev–Trinajstić information content (AvgIpc) is 2.75. The molecule has 8 heteroatoms. The molecule has 2 rings (SSSR count). The predicted octanol–water partition coefficient (Wildman–Crippen LogP) is 5.65. The van der Waals surface area contributed by atoms with Crippen molar-refractivity contribution in [1.82, 2.24) is 4.98 Å². The molecule has 1 aromatic heterocycles. The van der Waals surface area contributed by atoms with Crippen LogP contribution in [0.15, 0.2) is 28.7 Å². The van der Waals surface area contributed by atoms with Crippen molar-refractivity contribution in [2.75, 3.05) is 0 Å². The molecule has 0 bridgehead atoms. The summed E-state index contributed by atoms with van der Waals surface area (Å²) < 4.78 is 38.3. The highest BCUT2D eigenvalue weighted by Gasteiger charge is 2.38. The second kappa shape index (κ2) is 5.91. The molecule has 0 saturated heterocycles. The van der Waals surface area contributed by atoms with E-state index < -0.39 is 17.2 Å². The van der Waals surface area contributed by atoms with Gasteiger partial charge in [0, 0.05) is 5.02 Å². The minimum absolute atomic E-state index is 0.0133. The highest BCUT2D eigenvalue weighted by molar-refractivity contribution is 9.10. The topological polar surface area (TPSA) is 39.6 Å². The van der Waals surface area contributed by atoms with E-state index in [4.69, 9.17) is 28.5 Å². The molecule has 0 radical (unpaired) electrons. The minimum Gasteiger partial charge on any atom is -0.351 e. The van der Waals surface area contributed by atoms with E-state index in [0.29, 0.717) is 10.6 Å². The zero-order valence-corrected chi connectivity index (χ0v) is 13.2. The Bertz CT molecular complexity index is 702. The monoisotopic (exact) mass is 396 g/mol. The Morgan fingerprint density at radius 3 is 2.29 bits per heavy atom. The first-order chi connectivity index (χ1) is 9.75. The lowest BCUT2D eigenvalue weighted by molar-refractivity contribution is -0.141. The summed E-state index contributed by atoms with van der Waals surface area (Å²) >= 11 is 14.7. The van der Waals surface area contributed by atoms with E-state index in [1.807, 2.05) is 0 Å². The maximum atomic E-state index is 12.9. The van der Waals surface area contributed by atoms with E-state index >= 15 is 0 Å². The molecular formula is C13H6BrCl2F3N2. The summed E-state index contributed by atoms with van der Waals surface area (Å²) in [6.07, 6.45) is -4.61. The quantitative estimate of drug-likeness (QED) is 0.653. The van der Waals surface area contributed by atoms with Crippen molar-refractivity contribution < 1.29 is 13.2 Å². The third-order valence-corrected chi connectivity index (χ3v) is 4.29. The van der Waals surface area contributed by atoms with Gasteiger partial charge >= 0.3 is 6.18 Å². The van der Waals surface area contributed by atoms with Gasteiger partial charge in [0.05, 0.1) is 21.1 Å². The van der Waals surface area contributed by atoms with Crippen LogP contribution in [0.1, 0.15) is 27.9 Å². The van der Waals surface area contributed by atoms with Crippen molar-refractivity contribution in [1.29, 1.82) is 5.26 Å². The molecule has 1 N–H and O–H groups in total. The van der Waals surface area contributed by atoms with Gasteiger partial charge in [-0.05, 0) is 33.6 Å². The number of nitrogens with zero attached hydrogens (tertiary/aromatic N) is 1. The lowest BCUT2D eigenvalue weighted by Gasteiger charge is -2.09. The van der Waals surface area contributed by atoms with Crippen LogP contribution in [-0.4, -0.2) is 4.98 Å². The summed E-state index contributed by atoms with van der Waals surface area (Å²) in [5.41, 5.74) is -0.688. The molecule has 0 amide bonds. The number of alkyl halides is 4. The van der Waals surface area contributed by atoms with Crippen LogP contribution in [0.3, 0.4) is 0 Å². The number of nitrogens with one attached hydrogen (secondary N) is 1. The maximum Gasteiger partial charge on any atom is 0.432 e. The van der Waals surface area contributed by atoms with Crippen molar-refractivity contribution in [2.24, 2.45) is 0 Å². The van der Waals surface area contributed by atoms with Gasteiger partial charge < -0.3 is 4.98 Å². The molecule has 110 valence electrons. The van der Waals surface area contributed by atoms with E-state index in [9.17, 15) is 13.2 Å². The van der Waals surface area contributed by atoms with Gasteiger partial charge in [-0.1, -0.05) is 23.7 Å². The third kappa shape index (κ3) is 3.20. The Labute approximate surface area is 136 Å². The SMILES string of the molecule is N#Cc1c(C(Cl)c2ccc(Cl)cc2)[nH]c(C(F)(F)F)c1Br. The third-order valence-electron chi connectivity index (χ3n) is 2.78. The molecule has 0 aliphatic rings. The molecule has 1 heterocycles. The number of hydrogen-bond acceptors (Lipinski definition) is 1. The Kier molecular flexibility index (Phi) is 4.57. The largest absolute Gasteiger partial charge is 0.432 e. The van der Waals surface area contributed by atoms with Crippen LogP contribution in [-0.2, 0) is 6.18 Å². The number of hydrogen-bond donors (Lipinski definition) is 1. The standard InChI is InChI=1S/C13H6BrCl2F3N2/c14-9-8(5-20)11(21-12(9)13(17,18)19)10(16)6-1-3-7(15)4-2-6/h1-4,10,21H. The van der Waals surface area contributed by atoms with Crippen molar-refractivity contribution in [3.8, 4) is 6.07 Å². The first kappa shape index (κ1) is 16.2. The zero-order valence-electron chi connectivity index (χ0n) is 10.1. The Hall–Kier alpha value is -1.16. The van der Waals surface area contributed by atoms with Gasteiger partial charge in [-0.2, -0.15) is 18.4 Å². The van der Waals surface area contributed by atoms with Gasteiger partial charge in [-0.3, -0.25) is 0 Å². The highest BCUT2D eigenvalue weighted by Crippen LogP contribution is 2.41. The van der Waals surface area contributed by atoms with Crippen LogP contribution in [0.2, 0.25) is 5.02 Å². The Balaban J connectivity index is 2.54. The number of nitriles is 1. The Morgan fingerprint density at radius 1 is 1.24 bits per heavy atom. The van der Waals surface area contributed by atoms with Crippen LogP contribution < -0.4 is 0 Å². The maximum absolute atomic E-state index is 12.9. The van der Waals surface area contributed by atoms with Gasteiger partial charge in [0.25, 0.3) is 0 Å². The van der Waals surface area contributed by atoms with Gasteiger partial charge in [0.1, 0.15) is 11.8 Å². The summed E-state index contributed by atoms with van der Waals surface area (Å²) in [5, 5.41) is 8.62. The van der Waals surface area contributed by atoms with E-state index in [1.54, 1.807) is 30.3 Å². The molecule has 1 aromatic carbocycles. The van der Waals surface area contributed by atoms with Crippen LogP contribution in [0.5, 0.6) is 0 Å². The fourth-order valence-electron chi connectivity index (χ4n) is 1.79. The first-order valence-corrected chi connectivity index (χ1v) is 7.14. The molecular weight excluding hydrogens is 392 g/mol. The van der Waals surface area contributed by atoms with E-state index in [2.05, 4.69) is 20.9 Å². The number of rotatable bonds is 2. The predicted molar refractivity (Wildman–Crippen MR) is 77.4 cm³/mol. The van der Waals surface area contributed by atoms with Gasteiger partial charge in [-0.15, -0.1) is 11.6 Å². The van der Waals surface area contributed by atoms with Crippen molar-refractivity contribution in [3.63, 3.8) is 0 Å². The molecule has 1 unspecified atom stereocenters. The van der Waals surface area contributed by atoms with Crippen molar-refractivity contribution >= 4 is 39.1 Å². The summed E-state index contributed by atoms with van der Waals surface area (Å²) in [4.78, 5) is 2.19. The van der Waals surface area contributed by atoms with Crippen LogP contribution in [0.4, 0.5) is 13.2 Å².